The van der Waals surface area contributed by atoms with E-state index in [1.165, 1.54) is 12.3 Å². The zero-order valence-electron chi connectivity index (χ0n) is 9.23. The van der Waals surface area contributed by atoms with E-state index in [2.05, 4.69) is 48.8 Å². The fraction of sp³-hybridized carbons (Fsp3) is 0. The van der Waals surface area contributed by atoms with Gasteiger partial charge >= 0.3 is 5.69 Å². The van der Waals surface area contributed by atoms with Gasteiger partial charge in [0.05, 0.1) is 10.6 Å². The summed E-state index contributed by atoms with van der Waals surface area (Å²) in [6, 6.07) is 6.61. The van der Waals surface area contributed by atoms with E-state index in [-0.39, 0.29) is 11.5 Å². The van der Waals surface area contributed by atoms with Crippen LogP contribution in [0.1, 0.15) is 0 Å². The Bertz CT molecular complexity index is 654. The molecule has 0 saturated carbocycles. The molecule has 0 aliphatic heterocycles. The van der Waals surface area contributed by atoms with Gasteiger partial charge in [0.25, 0.3) is 0 Å². The molecule has 0 atom stereocenters. The number of nitrogens with zero attached hydrogens (tertiary/aromatic N) is 2. The lowest BCUT2D eigenvalue weighted by molar-refractivity contribution is -0.384. The Kier molecular flexibility index (Phi) is 4.58. The number of aromatic nitrogens is 1. The molecule has 5 nitrogen and oxygen atoms in total. The number of rotatable bonds is 3. The monoisotopic (exact) mass is 453 g/mol. The second-order valence-electron chi connectivity index (χ2n) is 3.53. The quantitative estimate of drug-likeness (QED) is 0.413. The lowest BCUT2D eigenvalue weighted by atomic mass is 10.3. The number of halogens is 3. The van der Waals surface area contributed by atoms with E-state index in [0.717, 1.165) is 3.57 Å². The Hall–Kier alpha value is -0.930. The molecule has 2 aromatic rings. The van der Waals surface area contributed by atoms with Gasteiger partial charge in [-0.15, -0.1) is 0 Å². The van der Waals surface area contributed by atoms with Gasteiger partial charge in [-0.1, -0.05) is 11.6 Å². The van der Waals surface area contributed by atoms with Crippen LogP contribution in [0.2, 0.25) is 5.02 Å². The highest BCUT2D eigenvalue weighted by molar-refractivity contribution is 14.1. The average Bonchev–Trinajstić information content (AvgIpc) is 2.34. The van der Waals surface area contributed by atoms with E-state index in [0.29, 0.717) is 15.2 Å². The van der Waals surface area contributed by atoms with E-state index < -0.39 is 4.92 Å². The maximum absolute atomic E-state index is 11.0. The maximum Gasteiger partial charge on any atom is 0.312 e. The average molecular weight is 454 g/mol. The van der Waals surface area contributed by atoms with Gasteiger partial charge in [-0.2, -0.15) is 0 Å². The molecule has 0 aliphatic carbocycles. The van der Waals surface area contributed by atoms with Gasteiger partial charge in [-0.05, 0) is 56.7 Å². The van der Waals surface area contributed by atoms with Crippen molar-refractivity contribution in [3.8, 4) is 0 Å². The molecule has 0 amide bonds. The molecule has 0 bridgehead atoms. The summed E-state index contributed by atoms with van der Waals surface area (Å²) >= 11 is 11.1. The van der Waals surface area contributed by atoms with Crippen molar-refractivity contribution in [1.29, 1.82) is 0 Å². The standard InChI is InChI=1S/C11H6BrClIN3O2/c12-6-3-10(17(18)19)11(15-5-6)16-9-2-1-7(13)4-8(9)14/h1-5H,(H,15,16). The van der Waals surface area contributed by atoms with Gasteiger partial charge in [0.1, 0.15) is 0 Å². The van der Waals surface area contributed by atoms with E-state index in [4.69, 9.17) is 11.6 Å². The Balaban J connectivity index is 2.40. The fourth-order valence-corrected chi connectivity index (χ4v) is 2.71. The largest absolute Gasteiger partial charge is 0.334 e. The highest BCUT2D eigenvalue weighted by atomic mass is 127. The van der Waals surface area contributed by atoms with Crippen molar-refractivity contribution in [1.82, 2.24) is 4.98 Å². The van der Waals surface area contributed by atoms with Crippen LogP contribution in [0.4, 0.5) is 17.2 Å². The van der Waals surface area contributed by atoms with Crippen molar-refractivity contribution >= 4 is 67.3 Å². The first-order valence-electron chi connectivity index (χ1n) is 4.99. The van der Waals surface area contributed by atoms with Crippen LogP contribution in [-0.2, 0) is 0 Å². The summed E-state index contributed by atoms with van der Waals surface area (Å²) in [6.45, 7) is 0. The van der Waals surface area contributed by atoms with Crippen molar-refractivity contribution < 1.29 is 4.92 Å². The number of nitrogens with one attached hydrogen (secondary N) is 1. The number of anilines is 2. The van der Waals surface area contributed by atoms with Gasteiger partial charge in [-0.3, -0.25) is 10.1 Å². The summed E-state index contributed by atoms with van der Waals surface area (Å²) in [4.78, 5) is 14.5. The van der Waals surface area contributed by atoms with Gasteiger partial charge < -0.3 is 5.32 Å². The van der Waals surface area contributed by atoms with Gasteiger partial charge in [-0.25, -0.2) is 4.98 Å². The van der Waals surface area contributed by atoms with Crippen molar-refractivity contribution in [2.45, 2.75) is 0 Å². The molecular formula is C11H6BrClIN3O2. The van der Waals surface area contributed by atoms with Gasteiger partial charge in [0, 0.05) is 25.3 Å². The molecule has 0 fully saturated rings. The number of hydrogen-bond acceptors (Lipinski definition) is 4. The SMILES string of the molecule is O=[N+]([O-])c1cc(Br)cnc1Nc1ccc(Cl)cc1I. The van der Waals surface area contributed by atoms with Crippen LogP contribution in [0.5, 0.6) is 0 Å². The first-order valence-corrected chi connectivity index (χ1v) is 7.24. The van der Waals surface area contributed by atoms with E-state index in [9.17, 15) is 10.1 Å². The Labute approximate surface area is 135 Å². The molecular weight excluding hydrogens is 448 g/mol. The minimum atomic E-state index is -0.483. The molecule has 2 rings (SSSR count). The maximum atomic E-state index is 11.0. The van der Waals surface area contributed by atoms with Crippen molar-refractivity contribution in [2.24, 2.45) is 0 Å². The van der Waals surface area contributed by atoms with Crippen LogP contribution >= 0.6 is 50.1 Å². The summed E-state index contributed by atoms with van der Waals surface area (Å²) in [5.41, 5.74) is 0.614. The third kappa shape index (κ3) is 3.54. The van der Waals surface area contributed by atoms with Gasteiger partial charge in [0.2, 0.25) is 5.82 Å². The van der Waals surface area contributed by atoms with Crippen molar-refractivity contribution in [3.63, 3.8) is 0 Å². The normalized spacial score (nSPS) is 10.3. The molecule has 0 spiro atoms. The molecule has 1 N–H and O–H groups in total. The minimum absolute atomic E-state index is 0.0971. The van der Waals surface area contributed by atoms with Crippen molar-refractivity contribution in [3.05, 3.63) is 53.6 Å². The Morgan fingerprint density at radius 3 is 2.79 bits per heavy atom. The highest BCUT2D eigenvalue weighted by Crippen LogP contribution is 2.30. The predicted molar refractivity (Wildman–Crippen MR) is 86.0 cm³/mol. The molecule has 0 radical (unpaired) electrons. The van der Waals surface area contributed by atoms with Crippen LogP contribution in [-0.4, -0.2) is 9.91 Å². The molecule has 1 aromatic carbocycles. The molecule has 8 heteroatoms. The highest BCUT2D eigenvalue weighted by Gasteiger charge is 2.16. The zero-order valence-corrected chi connectivity index (χ0v) is 13.7. The number of nitro groups is 1. The summed E-state index contributed by atoms with van der Waals surface area (Å²) < 4.78 is 1.40. The van der Waals surface area contributed by atoms with Gasteiger partial charge in [0.15, 0.2) is 0 Å². The van der Waals surface area contributed by atoms with E-state index >= 15 is 0 Å². The lowest BCUT2D eigenvalue weighted by Crippen LogP contribution is -2.00. The summed E-state index contributed by atoms with van der Waals surface area (Å²) in [5, 5.41) is 14.5. The first kappa shape index (κ1) is 14.5. The fourth-order valence-electron chi connectivity index (χ4n) is 1.38. The summed E-state index contributed by atoms with van der Waals surface area (Å²) in [6.07, 6.45) is 1.50. The molecule has 19 heavy (non-hydrogen) atoms. The van der Waals surface area contributed by atoms with Crippen LogP contribution in [0.25, 0.3) is 0 Å². The predicted octanol–water partition coefficient (Wildman–Crippen LogP) is 4.75. The summed E-state index contributed by atoms with van der Waals surface area (Å²) in [7, 11) is 0. The molecule has 1 aromatic heterocycles. The molecule has 0 aliphatic rings. The van der Waals surface area contributed by atoms with Crippen molar-refractivity contribution in [2.75, 3.05) is 5.32 Å². The van der Waals surface area contributed by atoms with Crippen LogP contribution in [0.3, 0.4) is 0 Å². The topological polar surface area (TPSA) is 68.1 Å². The van der Waals surface area contributed by atoms with E-state index in [1.807, 2.05) is 0 Å². The summed E-state index contributed by atoms with van der Waals surface area (Å²) in [5.74, 6) is 0.188. The van der Waals surface area contributed by atoms with Crippen LogP contribution in [0.15, 0.2) is 34.9 Å². The lowest BCUT2D eigenvalue weighted by Gasteiger charge is -2.08. The molecule has 98 valence electrons. The van der Waals surface area contributed by atoms with Crippen LogP contribution < -0.4 is 5.32 Å². The zero-order chi connectivity index (χ0) is 14.0. The number of benzene rings is 1. The minimum Gasteiger partial charge on any atom is -0.334 e. The second kappa shape index (κ2) is 6.02. The smallest absolute Gasteiger partial charge is 0.312 e. The number of pyridine rings is 1. The molecule has 0 unspecified atom stereocenters. The molecule has 1 heterocycles. The second-order valence-corrected chi connectivity index (χ2v) is 6.04. The third-order valence-corrected chi connectivity index (χ3v) is 3.78. The Morgan fingerprint density at radius 1 is 1.42 bits per heavy atom. The Morgan fingerprint density at radius 2 is 2.16 bits per heavy atom. The first-order chi connectivity index (χ1) is 8.97. The number of hydrogen-bond donors (Lipinski definition) is 1. The molecule has 0 saturated heterocycles. The third-order valence-electron chi connectivity index (χ3n) is 2.22. The van der Waals surface area contributed by atoms with Crippen LogP contribution in [0, 0.1) is 13.7 Å². The van der Waals surface area contributed by atoms with E-state index in [1.54, 1.807) is 18.2 Å².